The highest BCUT2D eigenvalue weighted by Gasteiger charge is 2.45. The fraction of sp³-hybridized carbons (Fsp3) is 0.366. The normalized spacial score (nSPS) is 17.8. The van der Waals surface area contributed by atoms with Crippen molar-refractivity contribution >= 4 is 51.5 Å². The number of anilines is 1. The Hall–Kier alpha value is -4.50. The first kappa shape index (κ1) is 37.8. The van der Waals surface area contributed by atoms with Crippen LogP contribution in [0.2, 0.25) is 0 Å². The van der Waals surface area contributed by atoms with Gasteiger partial charge in [0.25, 0.3) is 0 Å². The maximum atomic E-state index is 13.4. The lowest BCUT2D eigenvalue weighted by atomic mass is 9.91. The summed E-state index contributed by atoms with van der Waals surface area (Å²) in [5.74, 6) is -0.883. The second kappa shape index (κ2) is 16.5. The number of carbonyl (C=O) groups is 1. The summed E-state index contributed by atoms with van der Waals surface area (Å²) in [6, 6.07) is 16.7. The zero-order chi connectivity index (χ0) is 37.8. The number of nitrogens with one attached hydrogen (secondary N) is 2. The molecule has 1 saturated carbocycles. The molecule has 0 spiro atoms. The molecule has 5 N–H and O–H groups in total. The molecule has 0 radical (unpaired) electrons. The quantitative estimate of drug-likeness (QED) is 0.0463. The van der Waals surface area contributed by atoms with E-state index in [1.807, 2.05) is 53.2 Å². The molecule has 0 bridgehead atoms. The molecule has 1 fully saturated rings. The van der Waals surface area contributed by atoms with E-state index in [0.29, 0.717) is 64.4 Å². The predicted octanol–water partition coefficient (Wildman–Crippen LogP) is 6.35. The molecule has 11 nitrogen and oxygen atoms in total. The van der Waals surface area contributed by atoms with Crippen molar-refractivity contribution in [2.24, 2.45) is 0 Å². The maximum absolute atomic E-state index is 13.4. The van der Waals surface area contributed by atoms with Gasteiger partial charge in [-0.15, -0.1) is 22.7 Å². The summed E-state index contributed by atoms with van der Waals surface area (Å²) in [6.07, 6.45) is 7.29. The highest BCUT2D eigenvalue weighted by Crippen LogP contribution is 2.39. The van der Waals surface area contributed by atoms with Gasteiger partial charge in [0.05, 0.1) is 27.1 Å². The van der Waals surface area contributed by atoms with E-state index >= 15 is 0 Å². The number of aliphatic hydroxyl groups excluding tert-OH is 1. The van der Waals surface area contributed by atoms with E-state index in [-0.39, 0.29) is 17.6 Å². The van der Waals surface area contributed by atoms with E-state index in [9.17, 15) is 24.9 Å². The fourth-order valence-electron chi connectivity index (χ4n) is 7.46. The minimum absolute atomic E-state index is 0.106. The Bertz CT molecular complexity index is 2130. The van der Waals surface area contributed by atoms with Gasteiger partial charge < -0.3 is 40.0 Å². The summed E-state index contributed by atoms with van der Waals surface area (Å²) in [7, 11) is 2.10. The smallest absolute Gasteiger partial charge is 0.419 e. The molecule has 284 valence electrons. The average molecular weight is 771 g/mol. The van der Waals surface area contributed by atoms with Crippen molar-refractivity contribution in [3.8, 4) is 5.75 Å². The van der Waals surface area contributed by atoms with E-state index < -0.39 is 17.7 Å². The number of aromatic hydroxyl groups is 1. The second-order valence-electron chi connectivity index (χ2n) is 14.1. The zero-order valence-corrected chi connectivity index (χ0v) is 31.8. The number of allylic oxidation sites excluding steroid dienone is 1. The number of benzene rings is 2. The predicted molar refractivity (Wildman–Crippen MR) is 213 cm³/mol. The largest absolute Gasteiger partial charge is 0.506 e. The Morgan fingerprint density at radius 2 is 1.85 bits per heavy atom. The minimum atomic E-state index is -1.79. The zero-order valence-electron chi connectivity index (χ0n) is 30.2. The van der Waals surface area contributed by atoms with E-state index in [4.69, 9.17) is 9.15 Å². The number of fused-ring (bicyclic) bond motifs is 2. The van der Waals surface area contributed by atoms with Crippen LogP contribution in [-0.2, 0) is 28.1 Å². The molecule has 4 heterocycles. The monoisotopic (exact) mass is 770 g/mol. The lowest BCUT2D eigenvalue weighted by Crippen LogP contribution is -2.42. The van der Waals surface area contributed by atoms with Crippen molar-refractivity contribution in [1.29, 1.82) is 0 Å². The highest BCUT2D eigenvalue weighted by atomic mass is 32.1. The second-order valence-corrected chi connectivity index (χ2v) is 16.0. The Balaban J connectivity index is 0.857. The van der Waals surface area contributed by atoms with E-state index in [1.165, 1.54) is 22.7 Å². The van der Waals surface area contributed by atoms with Crippen LogP contribution >= 0.6 is 22.7 Å². The van der Waals surface area contributed by atoms with Gasteiger partial charge in [0, 0.05) is 30.4 Å². The van der Waals surface area contributed by atoms with Crippen LogP contribution in [0.4, 0.5) is 5.69 Å². The first-order valence-corrected chi connectivity index (χ1v) is 20.1. The van der Waals surface area contributed by atoms with Gasteiger partial charge in [-0.3, -0.25) is 4.57 Å². The Morgan fingerprint density at radius 3 is 2.56 bits per heavy atom. The van der Waals surface area contributed by atoms with Crippen molar-refractivity contribution in [3.63, 3.8) is 0 Å². The third kappa shape index (κ3) is 7.97. The molecule has 13 heteroatoms. The number of hydrogen-bond acceptors (Lipinski definition) is 12. The van der Waals surface area contributed by atoms with Gasteiger partial charge in [-0.25, -0.2) is 9.59 Å². The van der Waals surface area contributed by atoms with Crippen LogP contribution in [0.15, 0.2) is 92.9 Å². The van der Waals surface area contributed by atoms with Crippen LogP contribution < -0.4 is 16.4 Å². The van der Waals surface area contributed by atoms with Gasteiger partial charge in [0.15, 0.2) is 5.58 Å². The van der Waals surface area contributed by atoms with Crippen LogP contribution in [0.25, 0.3) is 17.2 Å². The summed E-state index contributed by atoms with van der Waals surface area (Å²) >= 11 is 2.68. The molecule has 0 amide bonds. The molecule has 1 aliphatic heterocycles. The molecule has 2 aliphatic rings. The van der Waals surface area contributed by atoms with Gasteiger partial charge in [-0.05, 0) is 117 Å². The van der Waals surface area contributed by atoms with Gasteiger partial charge >= 0.3 is 11.7 Å². The number of hydrogen-bond donors (Lipinski definition) is 5. The van der Waals surface area contributed by atoms with E-state index in [1.54, 1.807) is 28.8 Å². The lowest BCUT2D eigenvalue weighted by molar-refractivity contribution is -0.169. The SMILES string of the molecule is C=C1C=Cc2c([C@H](O)CNCCc3ccc4c(c3)oc(=O)n4CCCN(C)C3CCC(OC(=O)C(O)(c4cccs4)c4cccs4)CC3)ccc(O)c2N1. The lowest BCUT2D eigenvalue weighted by Gasteiger charge is -2.35. The van der Waals surface area contributed by atoms with Crippen molar-refractivity contribution in [1.82, 2.24) is 14.8 Å². The van der Waals surface area contributed by atoms with Crippen LogP contribution in [0.3, 0.4) is 0 Å². The number of rotatable bonds is 15. The third-order valence-electron chi connectivity index (χ3n) is 10.5. The molecule has 54 heavy (non-hydrogen) atoms. The van der Waals surface area contributed by atoms with Gasteiger partial charge in [-0.2, -0.15) is 0 Å². The molecule has 7 rings (SSSR count). The summed E-state index contributed by atoms with van der Waals surface area (Å²) < 4.78 is 13.3. The molecule has 0 unspecified atom stereocenters. The summed E-state index contributed by atoms with van der Waals surface area (Å²) in [6.45, 7) is 6.16. The summed E-state index contributed by atoms with van der Waals surface area (Å²) in [4.78, 5) is 29.7. The molecular weight excluding hydrogens is 725 g/mol. The number of carbonyl (C=O) groups excluding carboxylic acids is 1. The first-order valence-electron chi connectivity index (χ1n) is 18.3. The van der Waals surface area contributed by atoms with E-state index in [0.717, 1.165) is 55.3 Å². The summed E-state index contributed by atoms with van der Waals surface area (Å²) in [5.41, 5.74) is 3.21. The molecule has 5 aromatic rings. The molecular formula is C41H46N4O7S2. The maximum Gasteiger partial charge on any atom is 0.419 e. The topological polar surface area (TPSA) is 149 Å². The number of phenols is 1. The fourth-order valence-corrected chi connectivity index (χ4v) is 9.18. The van der Waals surface area contributed by atoms with Crippen LogP contribution in [0.5, 0.6) is 5.75 Å². The third-order valence-corrected chi connectivity index (χ3v) is 12.5. The highest BCUT2D eigenvalue weighted by molar-refractivity contribution is 7.12. The molecule has 0 saturated heterocycles. The first-order chi connectivity index (χ1) is 26.1. The number of oxazole rings is 1. The molecule has 1 atom stereocenters. The Labute approximate surface area is 321 Å². The minimum Gasteiger partial charge on any atom is -0.506 e. The van der Waals surface area contributed by atoms with Crippen molar-refractivity contribution in [2.45, 2.75) is 68.9 Å². The standard InChI is InChI=1S/C41H46N4O7S2/c1-26-8-14-31-30(15-17-33(46)38(31)43-26)34(47)25-42-19-18-27-9-16-32-35(24-27)52-40(49)45(32)21-5-20-44(2)28-10-12-29(13-11-28)51-39(48)41(50,36-6-3-22-53-36)37-7-4-23-54-37/h3-4,6-9,14-17,22-24,28-29,34,42-43,46-47,50H,1,5,10-13,18-21,25H2,2H3/t28?,29?,34-/m1/s1. The van der Waals surface area contributed by atoms with Crippen molar-refractivity contribution in [3.05, 3.63) is 121 Å². The number of esters is 1. The molecule has 2 aromatic carbocycles. The van der Waals surface area contributed by atoms with Crippen LogP contribution in [0, 0.1) is 0 Å². The number of aryl methyl sites for hydroxylation is 1. The number of thiophene rings is 2. The van der Waals surface area contributed by atoms with E-state index in [2.05, 4.69) is 29.2 Å². The number of aliphatic hydroxyl groups is 2. The Morgan fingerprint density at radius 1 is 1.11 bits per heavy atom. The molecule has 3 aromatic heterocycles. The number of phenolic OH excluding ortho intramolecular Hbond substituents is 1. The van der Waals surface area contributed by atoms with Gasteiger partial charge in [-0.1, -0.05) is 36.9 Å². The van der Waals surface area contributed by atoms with Gasteiger partial charge in [0.1, 0.15) is 11.9 Å². The Kier molecular flexibility index (Phi) is 11.5. The number of ether oxygens (including phenoxy) is 1. The van der Waals surface area contributed by atoms with Crippen LogP contribution in [0.1, 0.15) is 64.7 Å². The van der Waals surface area contributed by atoms with Crippen molar-refractivity contribution < 1.29 is 29.3 Å². The van der Waals surface area contributed by atoms with Gasteiger partial charge in [0.2, 0.25) is 5.60 Å². The average Bonchev–Trinajstić information content (AvgIpc) is 3.97. The number of aromatic nitrogens is 1. The number of nitrogens with zero attached hydrogens (tertiary/aromatic N) is 2. The molecule has 1 aliphatic carbocycles. The van der Waals surface area contributed by atoms with Crippen molar-refractivity contribution in [2.75, 3.05) is 32.0 Å². The van der Waals surface area contributed by atoms with Crippen LogP contribution in [-0.4, -0.2) is 69.6 Å². The summed E-state index contributed by atoms with van der Waals surface area (Å²) in [5, 5.41) is 42.8.